The average Bonchev–Trinajstić information content (AvgIpc) is 2.74. The van der Waals surface area contributed by atoms with Crippen LogP contribution in [0.5, 0.6) is 0 Å². The van der Waals surface area contributed by atoms with Gasteiger partial charge in [0.25, 0.3) is 0 Å². The van der Waals surface area contributed by atoms with Gasteiger partial charge >= 0.3 is 11.8 Å². The van der Waals surface area contributed by atoms with E-state index in [0.717, 1.165) is 44.8 Å². The Morgan fingerprint density at radius 2 is 0.880 bits per heavy atom. The summed E-state index contributed by atoms with van der Waals surface area (Å²) in [5.74, 6) is -0.927. The molecular weight excluding hydrogens is 312 g/mol. The Kier molecular flexibility index (Phi) is 4.15. The van der Waals surface area contributed by atoms with E-state index in [4.69, 9.17) is 0 Å². The Hall–Kier alpha value is -2.62. The largest absolute Gasteiger partial charge is 0.318 e. The van der Waals surface area contributed by atoms with E-state index in [1.54, 1.807) is 9.80 Å². The fourth-order valence-corrected chi connectivity index (χ4v) is 4.04. The summed E-state index contributed by atoms with van der Waals surface area (Å²) in [4.78, 5) is 28.6. The van der Waals surface area contributed by atoms with Gasteiger partial charge in [0.05, 0.1) is 11.4 Å². The molecule has 2 aromatic rings. The summed E-state index contributed by atoms with van der Waals surface area (Å²) in [5.41, 5.74) is 8.03. The van der Waals surface area contributed by atoms with Crippen LogP contribution in [0.4, 0.5) is 11.4 Å². The molecule has 1 aliphatic rings. The molecule has 0 atom stereocenters. The first kappa shape index (κ1) is 17.2. The van der Waals surface area contributed by atoms with E-state index >= 15 is 0 Å². The van der Waals surface area contributed by atoms with Gasteiger partial charge in [-0.15, -0.1) is 0 Å². The van der Waals surface area contributed by atoms with E-state index < -0.39 is 11.8 Å². The molecule has 3 rings (SSSR count). The number of carbonyl (C=O) groups excluding carboxylic acids is 2. The molecule has 4 heteroatoms. The number of benzene rings is 2. The van der Waals surface area contributed by atoms with Gasteiger partial charge in [-0.1, -0.05) is 35.4 Å². The van der Waals surface area contributed by atoms with Crippen molar-refractivity contribution < 1.29 is 9.59 Å². The molecule has 1 fully saturated rings. The minimum Gasteiger partial charge on any atom is -0.285 e. The molecule has 25 heavy (non-hydrogen) atoms. The van der Waals surface area contributed by atoms with Crippen molar-refractivity contribution in [2.24, 2.45) is 0 Å². The number of hydrogen-bond acceptors (Lipinski definition) is 2. The van der Waals surface area contributed by atoms with Gasteiger partial charge in [0.1, 0.15) is 6.67 Å². The van der Waals surface area contributed by atoms with Crippen LogP contribution in [0, 0.1) is 41.5 Å². The fraction of sp³-hybridized carbons (Fsp3) is 0.333. The second-order valence-electron chi connectivity index (χ2n) is 7.10. The maximum absolute atomic E-state index is 12.7. The summed E-state index contributed by atoms with van der Waals surface area (Å²) in [6.07, 6.45) is 0. The summed E-state index contributed by atoms with van der Waals surface area (Å²) in [6.45, 7) is 12.3. The van der Waals surface area contributed by atoms with Gasteiger partial charge in [0.2, 0.25) is 0 Å². The Balaban J connectivity index is 2.07. The van der Waals surface area contributed by atoms with Crippen LogP contribution in [-0.4, -0.2) is 18.5 Å². The van der Waals surface area contributed by atoms with Crippen molar-refractivity contribution in [3.8, 4) is 0 Å². The molecular formula is C21H24N2O2. The average molecular weight is 336 g/mol. The molecule has 0 bridgehead atoms. The molecule has 1 heterocycles. The van der Waals surface area contributed by atoms with Crippen LogP contribution < -0.4 is 9.80 Å². The highest BCUT2D eigenvalue weighted by Crippen LogP contribution is 2.34. The zero-order chi connectivity index (χ0) is 18.5. The summed E-state index contributed by atoms with van der Waals surface area (Å²) < 4.78 is 0. The second kappa shape index (κ2) is 6.03. The molecule has 0 aromatic heterocycles. The van der Waals surface area contributed by atoms with E-state index in [2.05, 4.69) is 0 Å². The normalized spacial score (nSPS) is 14.6. The summed E-state index contributed by atoms with van der Waals surface area (Å²) in [5, 5.41) is 0. The topological polar surface area (TPSA) is 40.6 Å². The van der Waals surface area contributed by atoms with Gasteiger partial charge < -0.3 is 0 Å². The number of rotatable bonds is 2. The maximum Gasteiger partial charge on any atom is 0.318 e. The van der Waals surface area contributed by atoms with Gasteiger partial charge in [-0.05, 0) is 63.8 Å². The molecule has 0 radical (unpaired) electrons. The van der Waals surface area contributed by atoms with Crippen molar-refractivity contribution in [2.45, 2.75) is 41.5 Å². The van der Waals surface area contributed by atoms with Crippen LogP contribution in [-0.2, 0) is 9.59 Å². The van der Waals surface area contributed by atoms with Crippen molar-refractivity contribution in [1.29, 1.82) is 0 Å². The molecule has 0 unspecified atom stereocenters. The van der Waals surface area contributed by atoms with E-state index in [1.807, 2.05) is 65.8 Å². The van der Waals surface area contributed by atoms with E-state index in [-0.39, 0.29) is 6.67 Å². The van der Waals surface area contributed by atoms with Crippen LogP contribution in [0.1, 0.15) is 33.4 Å². The number of nitrogens with zero attached hydrogens (tertiary/aromatic N) is 2. The highest BCUT2D eigenvalue weighted by Gasteiger charge is 2.40. The molecule has 0 N–H and O–H groups in total. The van der Waals surface area contributed by atoms with Crippen LogP contribution in [0.15, 0.2) is 24.3 Å². The highest BCUT2D eigenvalue weighted by atomic mass is 16.2. The lowest BCUT2D eigenvalue weighted by molar-refractivity contribution is -0.133. The van der Waals surface area contributed by atoms with E-state index in [9.17, 15) is 9.59 Å². The van der Waals surface area contributed by atoms with Gasteiger partial charge in [-0.2, -0.15) is 0 Å². The van der Waals surface area contributed by atoms with Gasteiger partial charge in [-0.25, -0.2) is 0 Å². The number of carbonyl (C=O) groups is 2. The van der Waals surface area contributed by atoms with Gasteiger partial charge in [-0.3, -0.25) is 19.4 Å². The molecule has 2 aromatic carbocycles. The number of aryl methyl sites for hydroxylation is 6. The lowest BCUT2D eigenvalue weighted by Gasteiger charge is -2.24. The predicted octanol–water partition coefficient (Wildman–Crippen LogP) is 3.87. The third-order valence-corrected chi connectivity index (χ3v) is 4.77. The fourth-order valence-electron chi connectivity index (χ4n) is 4.04. The Labute approximate surface area is 149 Å². The van der Waals surface area contributed by atoms with Crippen LogP contribution >= 0.6 is 0 Å². The van der Waals surface area contributed by atoms with E-state index in [0.29, 0.717) is 0 Å². The molecule has 130 valence electrons. The Bertz CT molecular complexity index is 779. The second-order valence-corrected chi connectivity index (χ2v) is 7.10. The van der Waals surface area contributed by atoms with E-state index in [1.165, 1.54) is 0 Å². The minimum absolute atomic E-state index is 0.257. The van der Waals surface area contributed by atoms with Crippen LogP contribution in [0.25, 0.3) is 0 Å². The molecule has 1 aliphatic heterocycles. The van der Waals surface area contributed by atoms with Crippen molar-refractivity contribution in [3.05, 3.63) is 57.6 Å². The predicted molar refractivity (Wildman–Crippen MR) is 101 cm³/mol. The molecule has 4 nitrogen and oxygen atoms in total. The zero-order valence-electron chi connectivity index (χ0n) is 15.7. The number of hydrogen-bond donors (Lipinski definition) is 0. The summed E-state index contributed by atoms with van der Waals surface area (Å²) in [7, 11) is 0. The Morgan fingerprint density at radius 3 is 1.16 bits per heavy atom. The summed E-state index contributed by atoms with van der Waals surface area (Å²) in [6, 6.07) is 8.19. The first-order chi connectivity index (χ1) is 11.7. The van der Waals surface area contributed by atoms with Crippen LogP contribution in [0.3, 0.4) is 0 Å². The lowest BCUT2D eigenvalue weighted by atomic mass is 10.0. The SMILES string of the molecule is Cc1cc(C)c(N2CN(c3c(C)cc(C)cc3C)C(=O)C2=O)c(C)c1. The smallest absolute Gasteiger partial charge is 0.285 e. The monoisotopic (exact) mass is 336 g/mol. The molecule has 0 saturated carbocycles. The maximum atomic E-state index is 12.7. The first-order valence-corrected chi connectivity index (χ1v) is 8.49. The van der Waals surface area contributed by atoms with Gasteiger partial charge in [0, 0.05) is 0 Å². The van der Waals surface area contributed by atoms with Crippen molar-refractivity contribution in [3.63, 3.8) is 0 Å². The molecule has 0 spiro atoms. The Morgan fingerprint density at radius 1 is 0.600 bits per heavy atom. The van der Waals surface area contributed by atoms with Crippen LogP contribution in [0.2, 0.25) is 0 Å². The summed E-state index contributed by atoms with van der Waals surface area (Å²) >= 11 is 0. The third-order valence-electron chi connectivity index (χ3n) is 4.77. The quantitative estimate of drug-likeness (QED) is 0.781. The highest BCUT2D eigenvalue weighted by molar-refractivity contribution is 6.48. The molecule has 2 amide bonds. The van der Waals surface area contributed by atoms with Crippen molar-refractivity contribution in [2.75, 3.05) is 16.5 Å². The first-order valence-electron chi connectivity index (χ1n) is 8.49. The van der Waals surface area contributed by atoms with Crippen molar-refractivity contribution in [1.82, 2.24) is 0 Å². The number of amides is 2. The molecule has 1 saturated heterocycles. The standard InChI is InChI=1S/C21H24N2O2/c1-12-7-14(3)18(15(4)8-12)22-11-23(21(25)20(22)24)19-16(5)9-13(2)10-17(19)6/h7-10H,11H2,1-6H3. The number of anilines is 2. The minimum atomic E-state index is -0.463. The molecule has 0 aliphatic carbocycles. The van der Waals surface area contributed by atoms with Gasteiger partial charge in [0.15, 0.2) is 0 Å². The zero-order valence-corrected chi connectivity index (χ0v) is 15.7. The third kappa shape index (κ3) is 2.82. The van der Waals surface area contributed by atoms with Crippen molar-refractivity contribution >= 4 is 23.2 Å². The lowest BCUT2D eigenvalue weighted by Crippen LogP contribution is -2.28.